The molecule has 0 atom stereocenters. The average molecular weight is 1580 g/mol. The maximum atomic E-state index is 12.8. The molecule has 0 unspecified atom stereocenters. The zero-order valence-electron chi connectivity index (χ0n) is 79.2. The number of rotatable bonds is 0. The third kappa shape index (κ3) is 39.5. The van der Waals surface area contributed by atoms with Crippen LogP contribution in [-0.4, -0.2) is 64.8 Å². The van der Waals surface area contributed by atoms with Crippen LogP contribution in [0.4, 0.5) is 8.78 Å². The van der Waals surface area contributed by atoms with E-state index in [2.05, 4.69) is 355 Å². The molecule has 11 aromatic rings. The highest BCUT2D eigenvalue weighted by atomic mass is 19.1. The third-order valence-corrected chi connectivity index (χ3v) is 17.6. The molecule has 0 aliphatic carbocycles. The number of benzene rings is 1. The maximum absolute atomic E-state index is 12.8. The minimum Gasteiger partial charge on any atom is -0.261 e. The van der Waals surface area contributed by atoms with E-state index in [1.54, 1.807) is 38.5 Å². The summed E-state index contributed by atoms with van der Waals surface area (Å²) in [6.07, 6.45) is 17.3. The van der Waals surface area contributed by atoms with Crippen molar-refractivity contribution in [2.45, 2.75) is 331 Å². The summed E-state index contributed by atoms with van der Waals surface area (Å²) in [4.78, 5) is 55.2. The summed E-state index contributed by atoms with van der Waals surface area (Å²) in [5.74, 6) is 0.394. The number of fused-ring (bicyclic) bond motifs is 1. The molecule has 0 fully saturated rings. The first-order valence-corrected chi connectivity index (χ1v) is 40.5. The highest BCUT2D eigenvalue weighted by Crippen LogP contribution is 2.28. The van der Waals surface area contributed by atoms with E-state index in [-0.39, 0.29) is 65.8 Å². The molecule has 10 heterocycles. The lowest BCUT2D eigenvalue weighted by Gasteiger charge is -2.18. The summed E-state index contributed by atoms with van der Waals surface area (Å²) >= 11 is 0. The van der Waals surface area contributed by atoms with Gasteiger partial charge in [-0.05, 0) is 181 Å². The molecule has 0 amide bonds. The summed E-state index contributed by atoms with van der Waals surface area (Å²) < 4.78 is 25.6. The second-order valence-electron chi connectivity index (χ2n) is 40.5. The fourth-order valence-electron chi connectivity index (χ4n) is 9.89. The zero-order valence-corrected chi connectivity index (χ0v) is 79.2. The van der Waals surface area contributed by atoms with Crippen LogP contribution in [-0.2, 0) is 54.1 Å². The number of hydrogen-bond acceptors (Lipinski definition) is 13. The lowest BCUT2D eigenvalue weighted by molar-refractivity contribution is 0.554. The van der Waals surface area contributed by atoms with E-state index in [0.717, 1.165) is 79.8 Å². The molecule has 116 heavy (non-hydrogen) atoms. The first kappa shape index (κ1) is 103. The number of pyridine rings is 7. The van der Waals surface area contributed by atoms with Crippen molar-refractivity contribution in [2.75, 3.05) is 0 Å². The largest absolute Gasteiger partial charge is 0.261 e. The van der Waals surface area contributed by atoms with Crippen LogP contribution >= 0.6 is 0 Å². The molecule has 0 bridgehead atoms. The number of aryl methyl sites for hydroxylation is 10. The Hall–Kier alpha value is -9.37. The second kappa shape index (κ2) is 43.7. The molecule has 0 spiro atoms. The van der Waals surface area contributed by atoms with Gasteiger partial charge in [0.05, 0.1) is 23.8 Å². The van der Waals surface area contributed by atoms with Crippen LogP contribution in [0, 0.1) is 80.9 Å². The molecule has 0 radical (unpaired) electrons. The smallest absolute Gasteiger partial charge is 0.144 e. The quantitative estimate of drug-likeness (QED) is 0.141. The Balaban J connectivity index is 0.000000437. The molecule has 15 heteroatoms. The summed E-state index contributed by atoms with van der Waals surface area (Å²) in [7, 11) is 0. The van der Waals surface area contributed by atoms with E-state index in [1.165, 1.54) is 45.4 Å². The summed E-state index contributed by atoms with van der Waals surface area (Å²) in [5, 5.41) is 2.48. The van der Waals surface area contributed by atoms with Crippen LogP contribution in [0.25, 0.3) is 10.8 Å². The van der Waals surface area contributed by atoms with Crippen molar-refractivity contribution < 1.29 is 8.78 Å². The van der Waals surface area contributed by atoms with Gasteiger partial charge in [-0.3, -0.25) is 44.9 Å². The van der Waals surface area contributed by atoms with E-state index in [4.69, 9.17) is 0 Å². The number of hydrogen-bond donors (Lipinski definition) is 0. The zero-order chi connectivity index (χ0) is 89.1. The van der Waals surface area contributed by atoms with Crippen molar-refractivity contribution in [3.05, 3.63) is 290 Å². The molecule has 630 valence electrons. The minimum absolute atomic E-state index is 0.00153. The molecule has 0 aliphatic heterocycles. The van der Waals surface area contributed by atoms with Gasteiger partial charge in [0.1, 0.15) is 23.8 Å². The Bertz CT molecular complexity index is 4400. The molecular weight excluding hydrogens is 1430 g/mol. The molecule has 0 saturated carbocycles. The van der Waals surface area contributed by atoms with Gasteiger partial charge >= 0.3 is 0 Å². The van der Waals surface area contributed by atoms with Crippen LogP contribution in [0.1, 0.15) is 321 Å². The van der Waals surface area contributed by atoms with Gasteiger partial charge in [-0.15, -0.1) is 0 Å². The molecule has 10 aromatic heterocycles. The highest BCUT2D eigenvalue weighted by Gasteiger charge is 2.22. The normalized spacial score (nSPS) is 11.7. The fourth-order valence-corrected chi connectivity index (χ4v) is 9.89. The Morgan fingerprint density at radius 3 is 0.845 bits per heavy atom. The average Bonchev–Trinajstić information content (AvgIpc) is 0.822. The van der Waals surface area contributed by atoms with Crippen molar-refractivity contribution >= 4 is 10.8 Å². The van der Waals surface area contributed by atoms with Gasteiger partial charge in [-0.25, -0.2) is 28.7 Å². The molecule has 11 rings (SSSR count). The Labute approximate surface area is 701 Å². The van der Waals surface area contributed by atoms with Gasteiger partial charge in [-0.2, -0.15) is 0 Å². The van der Waals surface area contributed by atoms with Gasteiger partial charge < -0.3 is 0 Å². The third-order valence-electron chi connectivity index (χ3n) is 17.6. The van der Waals surface area contributed by atoms with Crippen LogP contribution in [0.5, 0.6) is 0 Å². The van der Waals surface area contributed by atoms with Gasteiger partial charge in [0.25, 0.3) is 0 Å². The van der Waals surface area contributed by atoms with Crippen LogP contribution < -0.4 is 0 Å². The topological polar surface area (TPSA) is 168 Å². The molecule has 0 saturated heterocycles. The van der Waals surface area contributed by atoms with E-state index in [0.29, 0.717) is 11.1 Å². The maximum Gasteiger partial charge on any atom is 0.144 e. The summed E-state index contributed by atoms with van der Waals surface area (Å²) in [6.45, 7) is 84.1. The molecule has 0 N–H and O–H groups in total. The predicted octanol–water partition coefficient (Wildman–Crippen LogP) is 26.5. The summed E-state index contributed by atoms with van der Waals surface area (Å²) in [6, 6.07) is 34.9. The monoisotopic (exact) mass is 1580 g/mol. The predicted molar refractivity (Wildman–Crippen MR) is 488 cm³/mol. The van der Waals surface area contributed by atoms with Crippen molar-refractivity contribution in [2.24, 2.45) is 0 Å². The number of nitrogens with zero attached hydrogens (tertiary/aromatic N) is 13. The van der Waals surface area contributed by atoms with Gasteiger partial charge in [0.15, 0.2) is 0 Å². The lowest BCUT2D eigenvalue weighted by atomic mass is 9.91. The van der Waals surface area contributed by atoms with E-state index >= 15 is 0 Å². The van der Waals surface area contributed by atoms with Crippen LogP contribution in [0.3, 0.4) is 0 Å². The number of aromatic nitrogens is 13. The Morgan fingerprint density at radius 1 is 0.216 bits per heavy atom. The standard InChI is InChI=1S/C13H15N.2C10H14FN.C10H16N2.4C10H15N.2C9H14N2/c1-13(2,3)12-8-10-6-4-5-7-11(10)9-14-12;2*1-7-5-9(10(2,3)4)12-6-8(7)11;1-7-6-9(10(3,4)5)12-8(2)11-7;3*1-8-5-6-11-9(7-8)10(2,3)4;1-8-5-6-9(11-7-8)10(2,3)4;1-7-5-11-8(6-10-7)9(2,3)4;1-7-5-8(9(2,3)4)11-6-10-7/h4-9H,1-3H3;2*5-6H,1-4H3;6H,1-5H3;4*5-7H,1-4H3;2*5-6H,1-4H3. The molecular formula is C101H147F2N13. The van der Waals surface area contributed by atoms with Crippen LogP contribution in [0.2, 0.25) is 0 Å². The van der Waals surface area contributed by atoms with Crippen LogP contribution in [0.15, 0.2) is 165 Å². The molecule has 1 aromatic carbocycles. The first-order valence-electron chi connectivity index (χ1n) is 40.5. The van der Waals surface area contributed by atoms with Crippen molar-refractivity contribution in [3.63, 3.8) is 0 Å². The summed E-state index contributed by atoms with van der Waals surface area (Å²) in [5.41, 5.74) is 21.6. The van der Waals surface area contributed by atoms with E-state index < -0.39 is 0 Å². The Morgan fingerprint density at radius 2 is 0.543 bits per heavy atom. The van der Waals surface area contributed by atoms with E-state index in [9.17, 15) is 8.78 Å². The van der Waals surface area contributed by atoms with Crippen molar-refractivity contribution in [1.29, 1.82) is 0 Å². The highest BCUT2D eigenvalue weighted by molar-refractivity contribution is 5.82. The molecule has 13 nitrogen and oxygen atoms in total. The van der Waals surface area contributed by atoms with Crippen molar-refractivity contribution in [1.82, 2.24) is 64.8 Å². The van der Waals surface area contributed by atoms with Crippen molar-refractivity contribution in [3.8, 4) is 0 Å². The van der Waals surface area contributed by atoms with Gasteiger partial charge in [0.2, 0.25) is 0 Å². The fraction of sp³-hybridized carbons (Fsp3) is 0.495. The lowest BCUT2D eigenvalue weighted by Crippen LogP contribution is -2.15. The second-order valence-corrected chi connectivity index (χ2v) is 40.5. The molecule has 0 aliphatic rings. The SMILES string of the molecule is CC(C)(C)c1cc2ccccc2cn1.Cc1cc(C(C)(C)C)nc(C)n1.Cc1cc(C(C)(C)C)ncc1F.Cc1cc(C(C)(C)C)ncc1F.Cc1cc(C(C)(C)C)ncn1.Cc1ccc(C(C)(C)C)nc1.Cc1ccnc(C(C)(C)C)c1.Cc1ccnc(C(C)(C)C)c1.Cc1ccnc(C(C)(C)C)c1.Cc1cnc(C(C)(C)C)cn1. The first-order chi connectivity index (χ1) is 52.8. The van der Waals surface area contributed by atoms with Gasteiger partial charge in [-0.1, -0.05) is 238 Å². The van der Waals surface area contributed by atoms with E-state index in [1.807, 2.05) is 101 Å². The minimum atomic E-state index is -0.233. The Kier molecular flexibility index (Phi) is 38.7. The van der Waals surface area contributed by atoms with Gasteiger partial charge in [0, 0.05) is 166 Å². The number of halogens is 2.